The number of hydrogen-bond donors (Lipinski definition) is 1. The van der Waals surface area contributed by atoms with E-state index < -0.39 is 31.9 Å². The largest absolute Gasteiger partial charge is 0.497 e. The summed E-state index contributed by atoms with van der Waals surface area (Å²) in [4.78, 5) is 14.0. The van der Waals surface area contributed by atoms with Crippen LogP contribution >= 0.6 is 0 Å². The highest BCUT2D eigenvalue weighted by Crippen LogP contribution is 2.37. The number of amides is 1. The van der Waals surface area contributed by atoms with Gasteiger partial charge in [-0.05, 0) is 18.1 Å². The molecular weight excluding hydrogens is 370 g/mol. The fourth-order valence-corrected chi connectivity index (χ4v) is 3.99. The zero-order valence-electron chi connectivity index (χ0n) is 16.9. The number of rotatable bonds is 6. The number of carbonyl (C=O) groups is 1. The highest BCUT2D eigenvalue weighted by atomic mass is 28.4. The summed E-state index contributed by atoms with van der Waals surface area (Å²) in [5.41, 5.74) is 5.83. The van der Waals surface area contributed by atoms with Gasteiger partial charge < -0.3 is 19.8 Å². The van der Waals surface area contributed by atoms with Crippen molar-refractivity contribution in [3.05, 3.63) is 29.3 Å². The number of halogens is 2. The smallest absolute Gasteiger partial charge is 0.240 e. The molecule has 1 saturated heterocycles. The molecule has 1 fully saturated rings. The van der Waals surface area contributed by atoms with Gasteiger partial charge in [-0.3, -0.25) is 4.79 Å². The molecule has 2 atom stereocenters. The Morgan fingerprint density at radius 1 is 1.26 bits per heavy atom. The number of nitrogens with zero attached hydrogens (tertiary/aromatic N) is 1. The Labute approximate surface area is 160 Å². The third-order valence-electron chi connectivity index (χ3n) is 5.74. The Bertz CT molecular complexity index is 684. The molecule has 27 heavy (non-hydrogen) atoms. The van der Waals surface area contributed by atoms with Crippen molar-refractivity contribution in [2.75, 3.05) is 26.8 Å². The highest BCUT2D eigenvalue weighted by molar-refractivity contribution is 6.74. The maximum Gasteiger partial charge on any atom is 0.240 e. The van der Waals surface area contributed by atoms with Crippen molar-refractivity contribution < 1.29 is 22.7 Å². The van der Waals surface area contributed by atoms with Gasteiger partial charge in [0.15, 0.2) is 8.32 Å². The molecule has 2 rings (SSSR count). The summed E-state index contributed by atoms with van der Waals surface area (Å²) in [6.07, 6.45) is 0. The van der Waals surface area contributed by atoms with Crippen LogP contribution in [0.1, 0.15) is 32.3 Å². The second-order valence-corrected chi connectivity index (χ2v) is 13.3. The second-order valence-electron chi connectivity index (χ2n) is 8.53. The minimum absolute atomic E-state index is 0.0658. The number of methoxy groups -OCH3 is 1. The van der Waals surface area contributed by atoms with Crippen molar-refractivity contribution in [2.45, 2.75) is 50.9 Å². The van der Waals surface area contributed by atoms with E-state index in [1.165, 1.54) is 12.0 Å². The van der Waals surface area contributed by atoms with E-state index in [0.717, 1.165) is 12.1 Å². The van der Waals surface area contributed by atoms with Crippen molar-refractivity contribution in [1.82, 2.24) is 4.90 Å². The van der Waals surface area contributed by atoms with Crippen LogP contribution in [-0.2, 0) is 9.22 Å². The van der Waals surface area contributed by atoms with Crippen LogP contribution in [0.15, 0.2) is 12.1 Å². The summed E-state index contributed by atoms with van der Waals surface area (Å²) in [7, 11) is -0.592. The molecule has 0 unspecified atom stereocenters. The second kappa shape index (κ2) is 7.85. The molecule has 0 saturated carbocycles. The quantitative estimate of drug-likeness (QED) is 0.745. The predicted octanol–water partition coefficient (Wildman–Crippen LogP) is 3.25. The summed E-state index contributed by atoms with van der Waals surface area (Å²) in [5.74, 6) is -2.46. The van der Waals surface area contributed by atoms with Crippen LogP contribution in [0.4, 0.5) is 8.78 Å². The third-order valence-corrected chi connectivity index (χ3v) is 10.3. The first-order chi connectivity index (χ1) is 12.4. The van der Waals surface area contributed by atoms with Crippen LogP contribution in [0, 0.1) is 11.6 Å². The number of nitrogens with two attached hydrogens (primary N) is 1. The van der Waals surface area contributed by atoms with E-state index in [1.807, 2.05) is 0 Å². The summed E-state index contributed by atoms with van der Waals surface area (Å²) >= 11 is 0. The van der Waals surface area contributed by atoms with Gasteiger partial charge in [0.25, 0.3) is 0 Å². The van der Waals surface area contributed by atoms with Crippen LogP contribution in [0.2, 0.25) is 18.1 Å². The Balaban J connectivity index is 2.09. The molecule has 152 valence electrons. The van der Waals surface area contributed by atoms with Gasteiger partial charge >= 0.3 is 0 Å². The summed E-state index contributed by atoms with van der Waals surface area (Å²) in [6, 6.07) is 1.24. The molecule has 2 N–H and O–H groups in total. The molecule has 1 aliphatic heterocycles. The third kappa shape index (κ3) is 4.49. The molecule has 8 heteroatoms. The van der Waals surface area contributed by atoms with E-state index in [1.54, 1.807) is 0 Å². The van der Waals surface area contributed by atoms with Crippen LogP contribution in [-0.4, -0.2) is 52.0 Å². The molecule has 1 aromatic rings. The summed E-state index contributed by atoms with van der Waals surface area (Å²) < 4.78 is 39.8. The molecule has 0 radical (unpaired) electrons. The molecule has 0 aromatic heterocycles. The summed E-state index contributed by atoms with van der Waals surface area (Å²) in [5, 5.41) is 0.0658. The Morgan fingerprint density at radius 3 is 2.30 bits per heavy atom. The number of ether oxygens (including phenoxy) is 1. The van der Waals surface area contributed by atoms with E-state index in [2.05, 4.69) is 33.9 Å². The lowest BCUT2D eigenvalue weighted by atomic mass is 9.93. The molecule has 1 aromatic carbocycles. The van der Waals surface area contributed by atoms with Crippen LogP contribution < -0.4 is 10.5 Å². The van der Waals surface area contributed by atoms with E-state index in [-0.39, 0.29) is 28.8 Å². The first-order valence-corrected chi connectivity index (χ1v) is 12.0. The van der Waals surface area contributed by atoms with Gasteiger partial charge in [-0.2, -0.15) is 0 Å². The van der Waals surface area contributed by atoms with Gasteiger partial charge in [-0.15, -0.1) is 0 Å². The highest BCUT2D eigenvalue weighted by Gasteiger charge is 2.42. The zero-order chi connectivity index (χ0) is 20.6. The molecule has 5 nitrogen and oxygen atoms in total. The maximum atomic E-state index is 14.4. The van der Waals surface area contributed by atoms with Crippen LogP contribution in [0.5, 0.6) is 5.75 Å². The zero-order valence-corrected chi connectivity index (χ0v) is 17.9. The van der Waals surface area contributed by atoms with Gasteiger partial charge in [0.1, 0.15) is 17.4 Å². The molecule has 0 aliphatic carbocycles. The van der Waals surface area contributed by atoms with Gasteiger partial charge in [-0.25, -0.2) is 8.78 Å². The van der Waals surface area contributed by atoms with Gasteiger partial charge in [0.2, 0.25) is 5.91 Å². The van der Waals surface area contributed by atoms with Crippen LogP contribution in [0.25, 0.3) is 0 Å². The number of carbonyl (C=O) groups excluding carboxylic acids is 1. The minimum Gasteiger partial charge on any atom is -0.497 e. The maximum absolute atomic E-state index is 14.4. The molecular formula is C19H30F2N2O3Si. The average molecular weight is 401 g/mol. The first-order valence-electron chi connectivity index (χ1n) is 9.10. The Hall–Kier alpha value is -1.51. The lowest BCUT2D eigenvalue weighted by molar-refractivity contribution is -0.129. The summed E-state index contributed by atoms with van der Waals surface area (Å²) in [6.45, 7) is 11.6. The van der Waals surface area contributed by atoms with Crippen molar-refractivity contribution >= 4 is 14.2 Å². The number of hydrogen-bond acceptors (Lipinski definition) is 4. The SMILES string of the molecule is COc1cc(F)c([C@@H]2CN(CCO[Si](C)(C)C(C)(C)C)C(=O)[C@H]2N)c(F)c1. The molecule has 1 aliphatic rings. The number of likely N-dealkylation sites (tertiary alicyclic amines) is 1. The monoisotopic (exact) mass is 400 g/mol. The molecule has 0 spiro atoms. The van der Waals surface area contributed by atoms with E-state index in [4.69, 9.17) is 14.9 Å². The fraction of sp³-hybridized carbons (Fsp3) is 0.632. The number of benzene rings is 1. The normalized spacial score (nSPS) is 21.1. The first kappa shape index (κ1) is 21.8. The van der Waals surface area contributed by atoms with Gasteiger partial charge in [0.05, 0.1) is 19.8 Å². The lowest BCUT2D eigenvalue weighted by Crippen LogP contribution is -2.43. The van der Waals surface area contributed by atoms with Crippen molar-refractivity contribution in [3.8, 4) is 5.75 Å². The van der Waals surface area contributed by atoms with E-state index in [0.29, 0.717) is 13.2 Å². The topological polar surface area (TPSA) is 64.8 Å². The standard InChI is InChI=1S/C19H30F2N2O3Si/c1-19(2,3)27(5,6)26-8-7-23-11-13(17(22)18(23)24)16-14(20)9-12(25-4)10-15(16)21/h9-10,13,17H,7-8,11,22H2,1-6H3/t13-,17-/m0/s1. The van der Waals surface area contributed by atoms with Gasteiger partial charge in [0, 0.05) is 36.7 Å². The predicted molar refractivity (Wildman–Crippen MR) is 103 cm³/mol. The minimum atomic E-state index is -1.93. The molecule has 0 bridgehead atoms. The van der Waals surface area contributed by atoms with Crippen molar-refractivity contribution in [2.24, 2.45) is 5.73 Å². The fourth-order valence-electron chi connectivity index (χ4n) is 2.96. The van der Waals surface area contributed by atoms with E-state index >= 15 is 0 Å². The Morgan fingerprint density at radius 2 is 1.81 bits per heavy atom. The Kier molecular flexibility index (Phi) is 6.33. The van der Waals surface area contributed by atoms with Gasteiger partial charge in [-0.1, -0.05) is 20.8 Å². The molecule has 1 heterocycles. The lowest BCUT2D eigenvalue weighted by Gasteiger charge is -2.36. The average Bonchev–Trinajstić information content (AvgIpc) is 2.81. The van der Waals surface area contributed by atoms with Crippen molar-refractivity contribution in [1.29, 1.82) is 0 Å². The van der Waals surface area contributed by atoms with Crippen molar-refractivity contribution in [3.63, 3.8) is 0 Å². The van der Waals surface area contributed by atoms with E-state index in [9.17, 15) is 13.6 Å². The molecule has 1 amide bonds. The van der Waals surface area contributed by atoms with Crippen LogP contribution in [0.3, 0.4) is 0 Å².